The van der Waals surface area contributed by atoms with Gasteiger partial charge in [-0.2, -0.15) is 4.37 Å². The number of para-hydroxylation sites is 1. The lowest BCUT2D eigenvalue weighted by Gasteiger charge is -2.12. The molecule has 1 aromatic heterocycles. The van der Waals surface area contributed by atoms with E-state index in [9.17, 15) is 0 Å². The van der Waals surface area contributed by atoms with E-state index in [1.54, 1.807) is 7.11 Å². The number of rotatable bonds is 7. The lowest BCUT2D eigenvalue weighted by Crippen LogP contribution is -2.25. The van der Waals surface area contributed by atoms with Gasteiger partial charge in [0.2, 0.25) is 0 Å². The highest BCUT2D eigenvalue weighted by molar-refractivity contribution is 7.05. The quantitative estimate of drug-likeness (QED) is 0.819. The molecular formula is C15H22N4OS. The zero-order chi connectivity index (χ0) is 15.2. The third-order valence-corrected chi connectivity index (χ3v) is 4.31. The van der Waals surface area contributed by atoms with E-state index in [0.717, 1.165) is 35.0 Å². The van der Waals surface area contributed by atoms with Gasteiger partial charge in [0.15, 0.2) is 0 Å². The number of benzene rings is 1. The average Bonchev–Trinajstić information content (AvgIpc) is 2.96. The molecule has 0 aliphatic carbocycles. The Hall–Kier alpha value is -1.50. The SMILES string of the molecule is CCC(N)CC(N)c1nc(Cc2ccccc2OC)ns1. The fourth-order valence-corrected chi connectivity index (χ4v) is 2.78. The van der Waals surface area contributed by atoms with Crippen LogP contribution in [-0.2, 0) is 6.42 Å². The highest BCUT2D eigenvalue weighted by Crippen LogP contribution is 2.23. The molecule has 2 atom stereocenters. The molecule has 2 unspecified atom stereocenters. The smallest absolute Gasteiger partial charge is 0.147 e. The van der Waals surface area contributed by atoms with Crippen molar-refractivity contribution in [3.8, 4) is 5.75 Å². The molecule has 0 aliphatic rings. The standard InChI is InChI=1S/C15H22N4OS/c1-3-11(16)9-12(17)15-18-14(19-21-15)8-10-6-4-5-7-13(10)20-2/h4-7,11-12H,3,8-9,16-17H2,1-2H3. The molecule has 0 fully saturated rings. The number of nitrogens with zero attached hydrogens (tertiary/aromatic N) is 2. The van der Waals surface area contributed by atoms with Gasteiger partial charge in [-0.05, 0) is 30.4 Å². The van der Waals surface area contributed by atoms with Crippen LogP contribution in [0.1, 0.15) is 42.2 Å². The van der Waals surface area contributed by atoms with Crippen LogP contribution in [0.15, 0.2) is 24.3 Å². The van der Waals surface area contributed by atoms with Crippen molar-refractivity contribution in [1.29, 1.82) is 0 Å². The Kier molecular flexibility index (Phi) is 5.67. The molecule has 2 aromatic rings. The first-order valence-electron chi connectivity index (χ1n) is 7.09. The number of ether oxygens (including phenoxy) is 1. The Morgan fingerprint density at radius 2 is 2.05 bits per heavy atom. The zero-order valence-corrected chi connectivity index (χ0v) is 13.3. The van der Waals surface area contributed by atoms with Gasteiger partial charge in [0.25, 0.3) is 0 Å². The Morgan fingerprint density at radius 3 is 2.76 bits per heavy atom. The van der Waals surface area contributed by atoms with Crippen molar-refractivity contribution in [3.05, 3.63) is 40.7 Å². The number of hydrogen-bond acceptors (Lipinski definition) is 6. The molecule has 0 amide bonds. The lowest BCUT2D eigenvalue weighted by molar-refractivity contribution is 0.410. The van der Waals surface area contributed by atoms with Gasteiger partial charge in [0, 0.05) is 18.0 Å². The van der Waals surface area contributed by atoms with Gasteiger partial charge in [0.1, 0.15) is 16.6 Å². The van der Waals surface area contributed by atoms with Gasteiger partial charge in [0.05, 0.1) is 13.2 Å². The Morgan fingerprint density at radius 1 is 1.29 bits per heavy atom. The minimum Gasteiger partial charge on any atom is -0.496 e. The van der Waals surface area contributed by atoms with Crippen LogP contribution in [0.2, 0.25) is 0 Å². The molecule has 0 spiro atoms. The minimum atomic E-state index is -0.135. The normalized spacial score (nSPS) is 13.9. The molecule has 1 heterocycles. The highest BCUT2D eigenvalue weighted by Gasteiger charge is 2.16. The molecule has 6 heteroatoms. The maximum absolute atomic E-state index is 6.14. The van der Waals surface area contributed by atoms with Gasteiger partial charge >= 0.3 is 0 Å². The number of methoxy groups -OCH3 is 1. The summed E-state index contributed by atoms with van der Waals surface area (Å²) in [7, 11) is 1.67. The average molecular weight is 306 g/mol. The van der Waals surface area contributed by atoms with E-state index >= 15 is 0 Å². The van der Waals surface area contributed by atoms with Crippen molar-refractivity contribution < 1.29 is 4.74 Å². The largest absolute Gasteiger partial charge is 0.496 e. The summed E-state index contributed by atoms with van der Waals surface area (Å²) < 4.78 is 9.74. The summed E-state index contributed by atoms with van der Waals surface area (Å²) in [5.41, 5.74) is 13.1. The topological polar surface area (TPSA) is 87.1 Å². The number of nitrogens with two attached hydrogens (primary N) is 2. The molecule has 2 rings (SSSR count). The summed E-state index contributed by atoms with van der Waals surface area (Å²) in [4.78, 5) is 4.54. The summed E-state index contributed by atoms with van der Waals surface area (Å²) in [5.74, 6) is 1.63. The van der Waals surface area contributed by atoms with E-state index in [-0.39, 0.29) is 12.1 Å². The van der Waals surface area contributed by atoms with Crippen molar-refractivity contribution in [2.24, 2.45) is 11.5 Å². The summed E-state index contributed by atoms with van der Waals surface area (Å²) in [6, 6.07) is 7.87. The number of hydrogen-bond donors (Lipinski definition) is 2. The first-order chi connectivity index (χ1) is 10.1. The lowest BCUT2D eigenvalue weighted by atomic mass is 10.1. The van der Waals surface area contributed by atoms with Crippen LogP contribution in [-0.4, -0.2) is 22.5 Å². The summed E-state index contributed by atoms with van der Waals surface area (Å²) in [6.07, 6.45) is 2.30. The zero-order valence-electron chi connectivity index (χ0n) is 12.5. The van der Waals surface area contributed by atoms with E-state index in [1.807, 2.05) is 24.3 Å². The third kappa shape index (κ3) is 4.23. The van der Waals surface area contributed by atoms with Gasteiger partial charge in [-0.3, -0.25) is 0 Å². The van der Waals surface area contributed by atoms with Gasteiger partial charge in [-0.15, -0.1) is 0 Å². The molecule has 114 valence electrons. The molecule has 1 aromatic carbocycles. The molecule has 0 saturated carbocycles. The summed E-state index contributed by atoms with van der Waals surface area (Å²) in [6.45, 7) is 2.06. The fraction of sp³-hybridized carbons (Fsp3) is 0.467. The van der Waals surface area contributed by atoms with Crippen LogP contribution in [0, 0.1) is 0 Å². The molecule has 4 N–H and O–H groups in total. The van der Waals surface area contributed by atoms with Crippen LogP contribution in [0.3, 0.4) is 0 Å². The van der Waals surface area contributed by atoms with E-state index in [1.165, 1.54) is 11.5 Å². The van der Waals surface area contributed by atoms with Gasteiger partial charge in [-0.1, -0.05) is 25.1 Å². The second-order valence-electron chi connectivity index (χ2n) is 5.05. The maximum Gasteiger partial charge on any atom is 0.147 e. The first kappa shape index (κ1) is 15.9. The van der Waals surface area contributed by atoms with Crippen LogP contribution in [0.25, 0.3) is 0 Å². The minimum absolute atomic E-state index is 0.113. The Balaban J connectivity index is 2.06. The van der Waals surface area contributed by atoms with Crippen LogP contribution in [0.5, 0.6) is 5.75 Å². The fourth-order valence-electron chi connectivity index (χ4n) is 2.10. The van der Waals surface area contributed by atoms with Crippen molar-refractivity contribution in [1.82, 2.24) is 9.36 Å². The van der Waals surface area contributed by atoms with E-state index < -0.39 is 0 Å². The summed E-state index contributed by atoms with van der Waals surface area (Å²) >= 11 is 1.36. The van der Waals surface area contributed by atoms with Crippen molar-refractivity contribution >= 4 is 11.5 Å². The Labute approximate surface area is 129 Å². The van der Waals surface area contributed by atoms with Crippen molar-refractivity contribution in [2.45, 2.75) is 38.3 Å². The van der Waals surface area contributed by atoms with Crippen molar-refractivity contribution in [2.75, 3.05) is 7.11 Å². The number of aromatic nitrogens is 2. The van der Waals surface area contributed by atoms with Crippen LogP contribution >= 0.6 is 11.5 Å². The molecule has 0 radical (unpaired) electrons. The van der Waals surface area contributed by atoms with E-state index in [4.69, 9.17) is 16.2 Å². The predicted molar refractivity (Wildman–Crippen MR) is 85.5 cm³/mol. The molecular weight excluding hydrogens is 284 g/mol. The molecule has 5 nitrogen and oxygen atoms in total. The Bertz CT molecular complexity index is 572. The maximum atomic E-state index is 6.14. The molecule has 0 bridgehead atoms. The molecule has 0 saturated heterocycles. The van der Waals surface area contributed by atoms with Gasteiger partial charge < -0.3 is 16.2 Å². The third-order valence-electron chi connectivity index (χ3n) is 3.42. The predicted octanol–water partition coefficient (Wildman–Crippen LogP) is 2.26. The first-order valence-corrected chi connectivity index (χ1v) is 7.86. The second-order valence-corrected chi connectivity index (χ2v) is 5.83. The molecule has 0 aliphatic heterocycles. The summed E-state index contributed by atoms with van der Waals surface area (Å²) in [5, 5.41) is 0.851. The van der Waals surface area contributed by atoms with Crippen molar-refractivity contribution in [3.63, 3.8) is 0 Å². The highest BCUT2D eigenvalue weighted by atomic mass is 32.1. The second kappa shape index (κ2) is 7.49. The van der Waals surface area contributed by atoms with E-state index in [0.29, 0.717) is 6.42 Å². The van der Waals surface area contributed by atoms with Crippen LogP contribution in [0.4, 0.5) is 0 Å². The monoisotopic (exact) mass is 306 g/mol. The van der Waals surface area contributed by atoms with E-state index in [2.05, 4.69) is 16.3 Å². The van der Waals surface area contributed by atoms with Crippen LogP contribution < -0.4 is 16.2 Å². The molecule has 21 heavy (non-hydrogen) atoms. The van der Waals surface area contributed by atoms with Gasteiger partial charge in [-0.25, -0.2) is 4.98 Å².